The number of rotatable bonds is 3. The summed E-state index contributed by atoms with van der Waals surface area (Å²) < 4.78 is 8.43. The topological polar surface area (TPSA) is 41.6 Å². The van der Waals surface area contributed by atoms with Crippen LogP contribution < -0.4 is 0 Å². The summed E-state index contributed by atoms with van der Waals surface area (Å²) in [5.74, 6) is 0.0755. The van der Waals surface area contributed by atoms with Gasteiger partial charge in [-0.05, 0) is 28.5 Å². The van der Waals surface area contributed by atoms with Crippen LogP contribution >= 0.6 is 15.9 Å². The van der Waals surface area contributed by atoms with Crippen molar-refractivity contribution in [3.05, 3.63) is 58.4 Å². The van der Waals surface area contributed by atoms with Crippen LogP contribution in [0.2, 0.25) is 0 Å². The Morgan fingerprint density at radius 1 is 1.12 bits per heavy atom. The molecule has 0 atom stereocenters. The third-order valence-electron chi connectivity index (χ3n) is 4.75. The van der Waals surface area contributed by atoms with E-state index in [-0.39, 0.29) is 5.91 Å². The molecular formula is C19H20BrN3O2. The van der Waals surface area contributed by atoms with E-state index in [2.05, 4.69) is 44.6 Å². The minimum atomic E-state index is 0.0755. The smallest absolute Gasteiger partial charge is 0.270 e. The van der Waals surface area contributed by atoms with Gasteiger partial charge >= 0.3 is 0 Å². The van der Waals surface area contributed by atoms with Crippen LogP contribution in [0.25, 0.3) is 11.1 Å². The van der Waals surface area contributed by atoms with Crippen molar-refractivity contribution in [3.8, 4) is 0 Å². The van der Waals surface area contributed by atoms with Gasteiger partial charge in [0.25, 0.3) is 5.91 Å². The summed E-state index contributed by atoms with van der Waals surface area (Å²) >= 11 is 3.39. The molecule has 1 aliphatic rings. The molecule has 0 N–H and O–H groups in total. The molecule has 3 aromatic rings. The lowest BCUT2D eigenvalue weighted by Crippen LogP contribution is -2.47. The molecule has 3 heterocycles. The van der Waals surface area contributed by atoms with Gasteiger partial charge in [0, 0.05) is 44.9 Å². The van der Waals surface area contributed by atoms with Crippen molar-refractivity contribution in [2.45, 2.75) is 6.54 Å². The van der Waals surface area contributed by atoms with Gasteiger partial charge in [-0.25, -0.2) is 0 Å². The summed E-state index contributed by atoms with van der Waals surface area (Å²) in [6.07, 6.45) is 0. The molecule has 25 heavy (non-hydrogen) atoms. The minimum Gasteiger partial charge on any atom is -0.448 e. The number of carbonyl (C=O) groups excluding carboxylic acids is 1. The summed E-state index contributed by atoms with van der Waals surface area (Å²) in [6, 6.07) is 14.0. The molecule has 1 aliphatic heterocycles. The SMILES string of the molecule is CN1CCN(C(=O)c2cc3oc(Br)cc3n2Cc2ccccc2)CC1. The number of fused-ring (bicyclic) bond motifs is 1. The molecule has 4 rings (SSSR count). The van der Waals surface area contributed by atoms with Crippen LogP contribution in [0.15, 0.2) is 51.6 Å². The Kier molecular flexibility index (Phi) is 4.39. The van der Waals surface area contributed by atoms with E-state index < -0.39 is 0 Å². The first-order chi connectivity index (χ1) is 12.1. The van der Waals surface area contributed by atoms with Gasteiger partial charge in [0.2, 0.25) is 0 Å². The lowest BCUT2D eigenvalue weighted by atomic mass is 10.2. The fourth-order valence-corrected chi connectivity index (χ4v) is 3.69. The van der Waals surface area contributed by atoms with Crippen LogP contribution in [0.1, 0.15) is 16.1 Å². The van der Waals surface area contributed by atoms with Gasteiger partial charge in [-0.15, -0.1) is 0 Å². The molecule has 0 bridgehead atoms. The van der Waals surface area contributed by atoms with E-state index in [9.17, 15) is 4.79 Å². The van der Waals surface area contributed by atoms with Crippen molar-refractivity contribution in [3.63, 3.8) is 0 Å². The summed E-state index contributed by atoms with van der Waals surface area (Å²) in [5.41, 5.74) is 3.52. The third-order valence-corrected chi connectivity index (χ3v) is 5.14. The van der Waals surface area contributed by atoms with Gasteiger partial charge < -0.3 is 18.8 Å². The zero-order valence-corrected chi connectivity index (χ0v) is 15.7. The van der Waals surface area contributed by atoms with E-state index in [1.807, 2.05) is 35.2 Å². The van der Waals surface area contributed by atoms with Gasteiger partial charge in [-0.1, -0.05) is 30.3 Å². The van der Waals surface area contributed by atoms with Gasteiger partial charge in [-0.2, -0.15) is 0 Å². The van der Waals surface area contributed by atoms with Crippen molar-refractivity contribution in [2.75, 3.05) is 33.2 Å². The van der Waals surface area contributed by atoms with Crippen molar-refractivity contribution >= 4 is 32.9 Å². The van der Waals surface area contributed by atoms with E-state index in [4.69, 9.17) is 4.42 Å². The normalized spacial score (nSPS) is 15.8. The molecule has 0 saturated carbocycles. The molecular weight excluding hydrogens is 382 g/mol. The highest BCUT2D eigenvalue weighted by Gasteiger charge is 2.25. The largest absolute Gasteiger partial charge is 0.448 e. The van der Waals surface area contributed by atoms with Crippen LogP contribution in [-0.2, 0) is 6.54 Å². The standard InChI is InChI=1S/C19H20BrN3O2/c1-21-7-9-22(10-8-21)19(24)16-11-17-15(12-18(20)25-17)23(16)13-14-5-3-2-4-6-14/h2-6,11-12H,7-10,13H2,1H3. The number of nitrogens with zero attached hydrogens (tertiary/aromatic N) is 3. The van der Waals surface area contributed by atoms with Gasteiger partial charge in [0.05, 0.1) is 5.52 Å². The number of aromatic nitrogens is 1. The zero-order valence-electron chi connectivity index (χ0n) is 14.1. The fourth-order valence-electron chi connectivity index (χ4n) is 3.30. The quantitative estimate of drug-likeness (QED) is 0.674. The first kappa shape index (κ1) is 16.4. The second-order valence-corrected chi connectivity index (χ2v) is 7.28. The van der Waals surface area contributed by atoms with Gasteiger partial charge in [0.15, 0.2) is 10.3 Å². The lowest BCUT2D eigenvalue weighted by molar-refractivity contribution is 0.0654. The number of benzene rings is 1. The molecule has 2 aromatic heterocycles. The first-order valence-electron chi connectivity index (χ1n) is 8.42. The maximum Gasteiger partial charge on any atom is 0.270 e. The Hall–Kier alpha value is -2.05. The molecule has 0 radical (unpaired) electrons. The lowest BCUT2D eigenvalue weighted by Gasteiger charge is -2.32. The van der Waals surface area contributed by atoms with E-state index in [0.717, 1.165) is 42.8 Å². The van der Waals surface area contributed by atoms with Crippen LogP contribution in [0.4, 0.5) is 0 Å². The average molecular weight is 402 g/mol. The number of piperazine rings is 1. The Morgan fingerprint density at radius 2 is 1.84 bits per heavy atom. The fraction of sp³-hybridized carbons (Fsp3) is 0.316. The van der Waals surface area contributed by atoms with Crippen molar-refractivity contribution in [1.29, 1.82) is 0 Å². The number of hydrogen-bond acceptors (Lipinski definition) is 3. The molecule has 6 heteroatoms. The molecule has 1 saturated heterocycles. The molecule has 0 unspecified atom stereocenters. The Morgan fingerprint density at radius 3 is 2.56 bits per heavy atom. The molecule has 1 aromatic carbocycles. The summed E-state index contributed by atoms with van der Waals surface area (Å²) in [7, 11) is 2.09. The number of carbonyl (C=O) groups is 1. The third kappa shape index (κ3) is 3.24. The van der Waals surface area contributed by atoms with Crippen molar-refractivity contribution in [1.82, 2.24) is 14.4 Å². The van der Waals surface area contributed by atoms with Crippen molar-refractivity contribution in [2.24, 2.45) is 0 Å². The van der Waals surface area contributed by atoms with E-state index in [0.29, 0.717) is 16.9 Å². The number of hydrogen-bond donors (Lipinski definition) is 0. The monoisotopic (exact) mass is 401 g/mol. The van der Waals surface area contributed by atoms with E-state index >= 15 is 0 Å². The Bertz CT molecular complexity index is 892. The van der Waals surface area contributed by atoms with E-state index in [1.165, 1.54) is 0 Å². The van der Waals surface area contributed by atoms with E-state index in [1.54, 1.807) is 0 Å². The Labute approximate surface area is 154 Å². The van der Waals surface area contributed by atoms with Crippen LogP contribution in [-0.4, -0.2) is 53.5 Å². The molecule has 1 amide bonds. The number of furan rings is 1. The zero-order chi connectivity index (χ0) is 17.4. The highest BCUT2D eigenvalue weighted by molar-refractivity contribution is 9.10. The highest BCUT2D eigenvalue weighted by Crippen LogP contribution is 2.28. The molecule has 5 nitrogen and oxygen atoms in total. The summed E-state index contributed by atoms with van der Waals surface area (Å²) in [5, 5.41) is 0. The Balaban J connectivity index is 1.71. The van der Waals surface area contributed by atoms with Crippen LogP contribution in [0.5, 0.6) is 0 Å². The minimum absolute atomic E-state index is 0.0755. The summed E-state index contributed by atoms with van der Waals surface area (Å²) in [4.78, 5) is 17.3. The number of amides is 1. The average Bonchev–Trinajstić information content (AvgIpc) is 3.13. The predicted octanol–water partition coefficient (Wildman–Crippen LogP) is 3.43. The van der Waals surface area contributed by atoms with Gasteiger partial charge in [-0.3, -0.25) is 4.79 Å². The van der Waals surface area contributed by atoms with Gasteiger partial charge in [0.1, 0.15) is 5.69 Å². The molecule has 0 spiro atoms. The number of likely N-dealkylation sites (N-methyl/N-ethyl adjacent to an activating group) is 1. The number of halogens is 1. The second kappa shape index (κ2) is 6.69. The molecule has 0 aliphatic carbocycles. The summed E-state index contributed by atoms with van der Waals surface area (Å²) in [6.45, 7) is 3.98. The second-order valence-electron chi connectivity index (χ2n) is 6.50. The van der Waals surface area contributed by atoms with Crippen molar-refractivity contribution < 1.29 is 9.21 Å². The molecule has 1 fully saturated rings. The highest BCUT2D eigenvalue weighted by atomic mass is 79.9. The van der Waals surface area contributed by atoms with Crippen LogP contribution in [0.3, 0.4) is 0 Å². The maximum atomic E-state index is 13.1. The predicted molar refractivity (Wildman–Crippen MR) is 101 cm³/mol. The first-order valence-corrected chi connectivity index (χ1v) is 9.21. The van der Waals surface area contributed by atoms with Crippen LogP contribution in [0, 0.1) is 0 Å². The molecule has 130 valence electrons. The maximum absolute atomic E-state index is 13.1.